The summed E-state index contributed by atoms with van der Waals surface area (Å²) in [5.74, 6) is 0.746. The third kappa shape index (κ3) is 5.13. The molecule has 0 bridgehead atoms. The predicted molar refractivity (Wildman–Crippen MR) is 98.7 cm³/mol. The zero-order valence-corrected chi connectivity index (χ0v) is 15.8. The van der Waals surface area contributed by atoms with E-state index in [4.69, 9.17) is 16.3 Å². The molecule has 0 saturated heterocycles. The van der Waals surface area contributed by atoms with Crippen molar-refractivity contribution in [1.29, 1.82) is 0 Å². The molecule has 0 fully saturated rings. The number of nitrogens with one attached hydrogen (secondary N) is 1. The van der Waals surface area contributed by atoms with Crippen LogP contribution in [-0.2, 0) is 12.7 Å². The van der Waals surface area contributed by atoms with Crippen LogP contribution in [0.2, 0.25) is 5.15 Å². The Morgan fingerprint density at radius 3 is 2.54 bits per heavy atom. The van der Waals surface area contributed by atoms with Crippen LogP contribution in [-0.4, -0.2) is 26.1 Å². The number of alkyl halides is 3. The van der Waals surface area contributed by atoms with E-state index in [1.807, 2.05) is 38.1 Å². The molecule has 1 aromatic carbocycles. The summed E-state index contributed by atoms with van der Waals surface area (Å²) in [6, 6.07) is 9.53. The van der Waals surface area contributed by atoms with Gasteiger partial charge in [-0.25, -0.2) is 9.67 Å². The third-order valence-electron chi connectivity index (χ3n) is 3.57. The van der Waals surface area contributed by atoms with E-state index in [1.54, 1.807) is 10.9 Å². The summed E-state index contributed by atoms with van der Waals surface area (Å²) in [5.41, 5.74) is 0.456. The molecule has 0 unspecified atom stereocenters. The van der Waals surface area contributed by atoms with Crippen molar-refractivity contribution in [2.24, 2.45) is 0 Å². The summed E-state index contributed by atoms with van der Waals surface area (Å²) in [6.45, 7) is 4.06. The second-order valence-electron chi connectivity index (χ2n) is 6.23. The second kappa shape index (κ2) is 8.05. The van der Waals surface area contributed by atoms with E-state index in [1.165, 1.54) is 6.07 Å². The minimum atomic E-state index is -4.57. The Morgan fingerprint density at radius 2 is 1.89 bits per heavy atom. The molecule has 148 valence electrons. The van der Waals surface area contributed by atoms with Crippen molar-refractivity contribution in [3.8, 4) is 11.4 Å². The van der Waals surface area contributed by atoms with Gasteiger partial charge in [0.15, 0.2) is 0 Å². The molecule has 28 heavy (non-hydrogen) atoms. The summed E-state index contributed by atoms with van der Waals surface area (Å²) in [6.07, 6.45) is -2.82. The quantitative estimate of drug-likeness (QED) is 0.594. The largest absolute Gasteiger partial charge is 0.491 e. The zero-order chi connectivity index (χ0) is 20.3. The maximum Gasteiger partial charge on any atom is 0.433 e. The molecule has 0 radical (unpaired) electrons. The molecule has 0 atom stereocenters. The average Bonchev–Trinajstić information content (AvgIpc) is 3.08. The van der Waals surface area contributed by atoms with Crippen molar-refractivity contribution in [1.82, 2.24) is 20.0 Å². The average molecular weight is 412 g/mol. The van der Waals surface area contributed by atoms with Crippen LogP contribution >= 0.6 is 11.6 Å². The molecule has 0 saturated carbocycles. The topological polar surface area (TPSA) is 64.9 Å². The molecule has 2 heterocycles. The lowest BCUT2D eigenvalue weighted by Crippen LogP contribution is -2.09. The summed E-state index contributed by atoms with van der Waals surface area (Å²) >= 11 is 5.67. The molecule has 0 amide bonds. The summed E-state index contributed by atoms with van der Waals surface area (Å²) in [7, 11) is 0. The molecule has 3 rings (SSSR count). The predicted octanol–water partition coefficient (Wildman–Crippen LogP) is 4.73. The minimum Gasteiger partial charge on any atom is -0.491 e. The fourth-order valence-electron chi connectivity index (χ4n) is 2.39. The maximum absolute atomic E-state index is 12.8. The summed E-state index contributed by atoms with van der Waals surface area (Å²) in [5, 5.41) is 10.7. The molecule has 1 N–H and O–H groups in total. The number of hydrogen-bond acceptors (Lipinski definition) is 5. The molecule has 10 heteroatoms. The normalized spacial score (nSPS) is 11.7. The van der Waals surface area contributed by atoms with Crippen molar-refractivity contribution in [3.63, 3.8) is 0 Å². The van der Waals surface area contributed by atoms with Gasteiger partial charge in [0.1, 0.15) is 22.3 Å². The first-order valence-electron chi connectivity index (χ1n) is 8.37. The minimum absolute atomic E-state index is 0.0782. The van der Waals surface area contributed by atoms with Gasteiger partial charge in [0.2, 0.25) is 0 Å². The van der Waals surface area contributed by atoms with Crippen molar-refractivity contribution >= 4 is 17.3 Å². The van der Waals surface area contributed by atoms with Crippen LogP contribution in [0.3, 0.4) is 0 Å². The molecular formula is C18H17ClF3N5O. The molecule has 0 aliphatic carbocycles. The highest BCUT2D eigenvalue weighted by Crippen LogP contribution is 2.30. The standard InChI is InChI=1S/C18H17ClF3N5O/c1-11(2)28-15-5-3-14(4-6-15)27-10-13(25-26-27)9-23-12-7-16(18(20,21)22)24-17(19)8-12/h3-8,10-11H,9H2,1-2H3,(H,23,24). The van der Waals surface area contributed by atoms with Crippen molar-refractivity contribution in [2.45, 2.75) is 32.7 Å². The number of rotatable bonds is 6. The van der Waals surface area contributed by atoms with Crippen LogP contribution in [0.15, 0.2) is 42.6 Å². The van der Waals surface area contributed by atoms with E-state index < -0.39 is 11.9 Å². The fraction of sp³-hybridized carbons (Fsp3) is 0.278. The Hall–Kier alpha value is -2.81. The molecule has 2 aromatic heterocycles. The molecule has 0 aliphatic rings. The number of hydrogen-bond donors (Lipinski definition) is 1. The number of aromatic nitrogens is 4. The lowest BCUT2D eigenvalue weighted by molar-refractivity contribution is -0.141. The third-order valence-corrected chi connectivity index (χ3v) is 3.77. The van der Waals surface area contributed by atoms with Crippen LogP contribution in [0.5, 0.6) is 5.75 Å². The van der Waals surface area contributed by atoms with Crippen LogP contribution < -0.4 is 10.1 Å². The Bertz CT molecular complexity index is 941. The number of halogens is 4. The molecule has 0 spiro atoms. The van der Waals surface area contributed by atoms with E-state index in [0.717, 1.165) is 17.5 Å². The monoisotopic (exact) mass is 411 g/mol. The Morgan fingerprint density at radius 1 is 1.18 bits per heavy atom. The lowest BCUT2D eigenvalue weighted by Gasteiger charge is -2.10. The van der Waals surface area contributed by atoms with Crippen LogP contribution in [0.4, 0.5) is 18.9 Å². The SMILES string of the molecule is CC(C)Oc1ccc(-n2cc(CNc3cc(Cl)nc(C(F)(F)F)c3)nn2)cc1. The van der Waals surface area contributed by atoms with Gasteiger partial charge in [0.05, 0.1) is 24.5 Å². The number of benzene rings is 1. The Labute approximate surface area is 164 Å². The summed E-state index contributed by atoms with van der Waals surface area (Å²) < 4.78 is 45.6. The lowest BCUT2D eigenvalue weighted by atomic mass is 10.3. The molecule has 6 nitrogen and oxygen atoms in total. The zero-order valence-electron chi connectivity index (χ0n) is 15.0. The molecule has 0 aliphatic heterocycles. The van der Waals surface area contributed by atoms with Crippen LogP contribution in [0, 0.1) is 0 Å². The number of nitrogens with zero attached hydrogens (tertiary/aromatic N) is 4. The van der Waals surface area contributed by atoms with E-state index in [9.17, 15) is 13.2 Å². The number of anilines is 1. The number of ether oxygens (including phenoxy) is 1. The van der Waals surface area contributed by atoms with Gasteiger partial charge in [-0.05, 0) is 50.2 Å². The van der Waals surface area contributed by atoms with E-state index in [2.05, 4.69) is 20.6 Å². The fourth-order valence-corrected chi connectivity index (χ4v) is 2.60. The first-order chi connectivity index (χ1) is 13.2. The van der Waals surface area contributed by atoms with Gasteiger partial charge in [-0.1, -0.05) is 16.8 Å². The van der Waals surface area contributed by atoms with E-state index in [0.29, 0.717) is 5.69 Å². The van der Waals surface area contributed by atoms with Crippen molar-refractivity contribution in [3.05, 3.63) is 59.1 Å². The van der Waals surface area contributed by atoms with E-state index >= 15 is 0 Å². The number of pyridine rings is 1. The Balaban J connectivity index is 1.68. The van der Waals surface area contributed by atoms with Gasteiger partial charge in [-0.2, -0.15) is 13.2 Å². The van der Waals surface area contributed by atoms with Gasteiger partial charge in [-0.15, -0.1) is 5.10 Å². The first-order valence-corrected chi connectivity index (χ1v) is 8.75. The van der Waals surface area contributed by atoms with Gasteiger partial charge >= 0.3 is 6.18 Å². The molecule has 3 aromatic rings. The van der Waals surface area contributed by atoms with E-state index in [-0.39, 0.29) is 23.5 Å². The second-order valence-corrected chi connectivity index (χ2v) is 6.62. The van der Waals surface area contributed by atoms with Crippen LogP contribution in [0.1, 0.15) is 25.2 Å². The molecular weight excluding hydrogens is 395 g/mol. The van der Waals surface area contributed by atoms with Gasteiger partial charge in [0.25, 0.3) is 0 Å². The highest BCUT2D eigenvalue weighted by molar-refractivity contribution is 6.29. The van der Waals surface area contributed by atoms with Crippen LogP contribution in [0.25, 0.3) is 5.69 Å². The highest BCUT2D eigenvalue weighted by atomic mass is 35.5. The van der Waals surface area contributed by atoms with Crippen molar-refractivity contribution < 1.29 is 17.9 Å². The first kappa shape index (κ1) is 19.9. The summed E-state index contributed by atoms with van der Waals surface area (Å²) in [4.78, 5) is 3.29. The Kier molecular flexibility index (Phi) is 5.73. The van der Waals surface area contributed by atoms with Gasteiger partial charge in [0, 0.05) is 5.69 Å². The van der Waals surface area contributed by atoms with Gasteiger partial charge < -0.3 is 10.1 Å². The van der Waals surface area contributed by atoms with Gasteiger partial charge in [-0.3, -0.25) is 0 Å². The smallest absolute Gasteiger partial charge is 0.433 e. The van der Waals surface area contributed by atoms with Crippen molar-refractivity contribution in [2.75, 3.05) is 5.32 Å². The maximum atomic E-state index is 12.8. The highest BCUT2D eigenvalue weighted by Gasteiger charge is 2.33.